The number of anilines is 1. The van der Waals surface area contributed by atoms with Gasteiger partial charge < -0.3 is 0 Å². The Morgan fingerprint density at radius 3 is 2.36 bits per heavy atom. The second-order valence-corrected chi connectivity index (χ2v) is 9.75. The number of fused-ring (bicyclic) bond motifs is 1. The standard InChI is InChI=1S/C30H22Cl2N4/c1-19-8-7-11-21(16-19)27-18-28(23-12-5-6-13-25(23)32)36(35-27)30-33-26-15-14-22(31)17-24(26)29(34-30)20-9-3-2-4-10-20/h2-17,28H,18H2,1H3. The first-order valence-electron chi connectivity index (χ1n) is 11.8. The van der Waals surface area contributed by atoms with E-state index in [4.69, 9.17) is 38.3 Å². The fraction of sp³-hybridized carbons (Fsp3) is 0.100. The van der Waals surface area contributed by atoms with Crippen molar-refractivity contribution in [3.05, 3.63) is 124 Å². The van der Waals surface area contributed by atoms with E-state index in [-0.39, 0.29) is 6.04 Å². The zero-order chi connectivity index (χ0) is 24.6. The van der Waals surface area contributed by atoms with Crippen LogP contribution < -0.4 is 5.01 Å². The number of benzene rings is 4. The van der Waals surface area contributed by atoms with Crippen LogP contribution in [-0.4, -0.2) is 15.7 Å². The Kier molecular flexibility index (Phi) is 5.92. The van der Waals surface area contributed by atoms with Crippen molar-refractivity contribution in [2.75, 3.05) is 5.01 Å². The van der Waals surface area contributed by atoms with Gasteiger partial charge in [-0.2, -0.15) is 5.10 Å². The molecule has 0 fully saturated rings. The predicted molar refractivity (Wildman–Crippen MR) is 149 cm³/mol. The summed E-state index contributed by atoms with van der Waals surface area (Å²) in [5.41, 5.74) is 6.86. The Hall–Kier alpha value is -3.73. The smallest absolute Gasteiger partial charge is 0.223 e. The van der Waals surface area contributed by atoms with Crippen LogP contribution in [0.5, 0.6) is 0 Å². The predicted octanol–water partition coefficient (Wildman–Crippen LogP) is 8.27. The van der Waals surface area contributed by atoms with E-state index in [9.17, 15) is 0 Å². The minimum Gasteiger partial charge on any atom is -0.223 e. The van der Waals surface area contributed by atoms with Crippen LogP contribution in [0.1, 0.15) is 29.2 Å². The van der Waals surface area contributed by atoms with Crippen LogP contribution in [0.2, 0.25) is 10.0 Å². The number of halogens is 2. The molecule has 1 atom stereocenters. The highest BCUT2D eigenvalue weighted by molar-refractivity contribution is 6.31. The lowest BCUT2D eigenvalue weighted by Crippen LogP contribution is -2.21. The molecule has 0 aliphatic carbocycles. The summed E-state index contributed by atoms with van der Waals surface area (Å²) in [7, 11) is 0. The van der Waals surface area contributed by atoms with Gasteiger partial charge in [-0.15, -0.1) is 0 Å². The molecule has 0 saturated heterocycles. The minimum absolute atomic E-state index is 0.136. The van der Waals surface area contributed by atoms with Crippen molar-refractivity contribution in [1.82, 2.24) is 9.97 Å². The average Bonchev–Trinajstić information content (AvgIpc) is 3.34. The maximum Gasteiger partial charge on any atom is 0.247 e. The fourth-order valence-electron chi connectivity index (χ4n) is 4.69. The molecule has 1 aliphatic heterocycles. The Morgan fingerprint density at radius 1 is 0.778 bits per heavy atom. The van der Waals surface area contributed by atoms with Gasteiger partial charge in [0.1, 0.15) is 0 Å². The Balaban J connectivity index is 1.56. The molecule has 4 nitrogen and oxygen atoms in total. The van der Waals surface area contributed by atoms with Gasteiger partial charge in [-0.05, 0) is 42.3 Å². The molecular formula is C30H22Cl2N4. The summed E-state index contributed by atoms with van der Waals surface area (Å²) in [6.07, 6.45) is 0.690. The SMILES string of the molecule is Cc1cccc(C2=NN(c3nc(-c4ccccc4)c4cc(Cl)ccc4n3)C(c3ccccc3Cl)C2)c1. The van der Waals surface area contributed by atoms with Gasteiger partial charge in [0.2, 0.25) is 5.95 Å². The third-order valence-electron chi connectivity index (χ3n) is 6.42. The van der Waals surface area contributed by atoms with Crippen molar-refractivity contribution in [2.24, 2.45) is 5.10 Å². The third-order valence-corrected chi connectivity index (χ3v) is 7.00. The molecule has 0 spiro atoms. The quantitative estimate of drug-likeness (QED) is 0.245. The summed E-state index contributed by atoms with van der Waals surface area (Å²) in [5.74, 6) is 0.524. The van der Waals surface area contributed by atoms with E-state index in [0.717, 1.165) is 39.0 Å². The molecule has 0 amide bonds. The van der Waals surface area contributed by atoms with Crippen molar-refractivity contribution in [1.29, 1.82) is 0 Å². The maximum absolute atomic E-state index is 6.68. The van der Waals surface area contributed by atoms with Gasteiger partial charge in [0.05, 0.1) is 23.0 Å². The topological polar surface area (TPSA) is 41.4 Å². The molecule has 4 aromatic carbocycles. The van der Waals surface area contributed by atoms with E-state index in [0.29, 0.717) is 22.4 Å². The van der Waals surface area contributed by atoms with E-state index >= 15 is 0 Å². The van der Waals surface area contributed by atoms with E-state index in [1.165, 1.54) is 5.56 Å². The number of nitrogens with zero attached hydrogens (tertiary/aromatic N) is 4. The molecule has 0 bridgehead atoms. The summed E-state index contributed by atoms with van der Waals surface area (Å²) in [4.78, 5) is 9.99. The van der Waals surface area contributed by atoms with Gasteiger partial charge in [0.15, 0.2) is 0 Å². The van der Waals surface area contributed by atoms with Crippen LogP contribution in [0.4, 0.5) is 5.95 Å². The number of hydrogen-bond acceptors (Lipinski definition) is 4. The molecule has 0 N–H and O–H groups in total. The molecular weight excluding hydrogens is 487 g/mol. The number of aryl methyl sites for hydroxylation is 1. The van der Waals surface area contributed by atoms with Crippen LogP contribution in [0.25, 0.3) is 22.2 Å². The zero-order valence-corrected chi connectivity index (χ0v) is 21.1. The first-order valence-corrected chi connectivity index (χ1v) is 12.5. The van der Waals surface area contributed by atoms with Crippen LogP contribution in [0, 0.1) is 6.92 Å². The van der Waals surface area contributed by atoms with Gasteiger partial charge in [-0.25, -0.2) is 15.0 Å². The van der Waals surface area contributed by atoms with Crippen LogP contribution in [0.3, 0.4) is 0 Å². The van der Waals surface area contributed by atoms with Crippen molar-refractivity contribution >= 4 is 45.8 Å². The van der Waals surface area contributed by atoms with Crippen LogP contribution in [-0.2, 0) is 0 Å². The second kappa shape index (κ2) is 9.38. The number of hydrazone groups is 1. The monoisotopic (exact) mass is 508 g/mol. The van der Waals surface area contributed by atoms with E-state index in [1.54, 1.807) is 0 Å². The summed E-state index contributed by atoms with van der Waals surface area (Å²) >= 11 is 13.0. The fourth-order valence-corrected chi connectivity index (χ4v) is 5.12. The van der Waals surface area contributed by atoms with Gasteiger partial charge >= 0.3 is 0 Å². The third kappa shape index (κ3) is 4.23. The highest BCUT2D eigenvalue weighted by Crippen LogP contribution is 2.40. The highest BCUT2D eigenvalue weighted by atomic mass is 35.5. The van der Waals surface area contributed by atoms with Gasteiger partial charge in [-0.3, -0.25) is 0 Å². The molecule has 36 heavy (non-hydrogen) atoms. The minimum atomic E-state index is -0.136. The summed E-state index contributed by atoms with van der Waals surface area (Å²) < 4.78 is 0. The maximum atomic E-state index is 6.68. The summed E-state index contributed by atoms with van der Waals surface area (Å²) in [5, 5.41) is 9.22. The lowest BCUT2D eigenvalue weighted by atomic mass is 9.97. The summed E-state index contributed by atoms with van der Waals surface area (Å²) in [6, 6.07) is 32.0. The lowest BCUT2D eigenvalue weighted by Gasteiger charge is -2.23. The molecule has 176 valence electrons. The van der Waals surface area contributed by atoms with E-state index in [1.807, 2.05) is 77.8 Å². The Morgan fingerprint density at radius 2 is 1.56 bits per heavy atom. The first kappa shape index (κ1) is 22.7. The number of aromatic nitrogens is 2. The molecule has 1 aromatic heterocycles. The summed E-state index contributed by atoms with van der Waals surface area (Å²) in [6.45, 7) is 2.09. The Bertz CT molecular complexity index is 1610. The molecule has 6 heteroatoms. The van der Waals surface area contributed by atoms with Crippen molar-refractivity contribution in [3.8, 4) is 11.3 Å². The van der Waals surface area contributed by atoms with E-state index in [2.05, 4.69) is 31.2 Å². The molecule has 1 unspecified atom stereocenters. The van der Waals surface area contributed by atoms with Crippen molar-refractivity contribution in [3.63, 3.8) is 0 Å². The number of rotatable bonds is 4. The second-order valence-electron chi connectivity index (χ2n) is 8.90. The van der Waals surface area contributed by atoms with Gasteiger partial charge in [0.25, 0.3) is 0 Å². The lowest BCUT2D eigenvalue weighted by molar-refractivity contribution is 0.689. The Labute approximate surface area is 219 Å². The largest absolute Gasteiger partial charge is 0.247 e. The average molecular weight is 509 g/mol. The molecule has 0 radical (unpaired) electrons. The van der Waals surface area contributed by atoms with Crippen LogP contribution in [0.15, 0.2) is 102 Å². The highest BCUT2D eigenvalue weighted by Gasteiger charge is 2.33. The first-order chi connectivity index (χ1) is 17.6. The number of hydrogen-bond donors (Lipinski definition) is 0. The normalized spacial score (nSPS) is 15.4. The van der Waals surface area contributed by atoms with Gasteiger partial charge in [-0.1, -0.05) is 102 Å². The molecule has 5 aromatic rings. The molecule has 6 rings (SSSR count). The molecule has 2 heterocycles. The zero-order valence-electron chi connectivity index (χ0n) is 19.6. The molecule has 0 saturated carbocycles. The van der Waals surface area contributed by atoms with E-state index < -0.39 is 0 Å². The molecule has 1 aliphatic rings. The van der Waals surface area contributed by atoms with Crippen LogP contribution >= 0.6 is 23.2 Å². The van der Waals surface area contributed by atoms with Crippen molar-refractivity contribution < 1.29 is 0 Å². The van der Waals surface area contributed by atoms with Gasteiger partial charge in [0, 0.05) is 27.4 Å². The van der Waals surface area contributed by atoms with Crippen molar-refractivity contribution in [2.45, 2.75) is 19.4 Å².